The van der Waals surface area contributed by atoms with Crippen LogP contribution in [0.1, 0.15) is 18.5 Å². The van der Waals surface area contributed by atoms with Crippen molar-refractivity contribution in [1.29, 1.82) is 0 Å². The number of alkyl halides is 2. The van der Waals surface area contributed by atoms with Gasteiger partial charge in [-0.2, -0.15) is 8.78 Å². The summed E-state index contributed by atoms with van der Waals surface area (Å²) < 4.78 is 57.4. The summed E-state index contributed by atoms with van der Waals surface area (Å²) in [5.41, 5.74) is 4.03. The average Bonchev–Trinajstić information content (AvgIpc) is 2.27. The summed E-state index contributed by atoms with van der Waals surface area (Å²) in [6, 6.07) is -1.80. The number of carbonyl (C=O) groups excluding carboxylic acids is 1. The predicted octanol–water partition coefficient (Wildman–Crippen LogP) is 1.87. The van der Waals surface area contributed by atoms with Crippen LogP contribution in [-0.4, -0.2) is 23.6 Å². The van der Waals surface area contributed by atoms with Crippen LogP contribution in [0.2, 0.25) is 0 Å². The average molecular weight is 281 g/mol. The van der Waals surface area contributed by atoms with Gasteiger partial charge in [0.05, 0.1) is 12.2 Å². The van der Waals surface area contributed by atoms with Gasteiger partial charge in [0.15, 0.2) is 0 Å². The molecule has 19 heavy (non-hydrogen) atoms. The lowest BCUT2D eigenvalue weighted by Crippen LogP contribution is -2.42. The first-order chi connectivity index (χ1) is 8.71. The summed E-state index contributed by atoms with van der Waals surface area (Å²) in [5, 5.41) is 9.27. The van der Waals surface area contributed by atoms with E-state index in [-0.39, 0.29) is 12.7 Å². The summed E-state index contributed by atoms with van der Waals surface area (Å²) in [6.07, 6.45) is 0. The van der Waals surface area contributed by atoms with Crippen molar-refractivity contribution in [3.05, 3.63) is 29.3 Å². The zero-order chi connectivity index (χ0) is 14.8. The van der Waals surface area contributed by atoms with Crippen LogP contribution in [-0.2, 0) is 9.53 Å². The third kappa shape index (κ3) is 2.95. The van der Waals surface area contributed by atoms with Crippen molar-refractivity contribution in [2.75, 3.05) is 6.61 Å². The van der Waals surface area contributed by atoms with Crippen molar-refractivity contribution in [3.63, 3.8) is 0 Å². The standard InChI is InChI=1S/C11H11F4NO3/c1-2-19-10(18)11(14,15)9(16)8-6(13)3-5(12)4-7(8)17/h3-4,9,17H,2,16H2,1H3/t9-/m1/s1. The molecule has 0 heterocycles. The fraction of sp³-hybridized carbons (Fsp3) is 0.364. The molecule has 0 amide bonds. The van der Waals surface area contributed by atoms with Crippen LogP contribution < -0.4 is 5.73 Å². The van der Waals surface area contributed by atoms with Crippen molar-refractivity contribution in [2.24, 2.45) is 5.73 Å². The Kier molecular flexibility index (Phi) is 4.35. The molecule has 1 aromatic carbocycles. The quantitative estimate of drug-likeness (QED) is 0.652. The van der Waals surface area contributed by atoms with E-state index >= 15 is 0 Å². The molecule has 0 saturated carbocycles. The molecule has 106 valence electrons. The summed E-state index contributed by atoms with van der Waals surface area (Å²) >= 11 is 0. The highest BCUT2D eigenvalue weighted by Crippen LogP contribution is 2.36. The van der Waals surface area contributed by atoms with Gasteiger partial charge in [-0.25, -0.2) is 13.6 Å². The third-order valence-electron chi connectivity index (χ3n) is 2.32. The molecule has 0 radical (unpaired) electrons. The normalized spacial score (nSPS) is 13.2. The molecule has 0 aromatic heterocycles. The molecule has 0 spiro atoms. The second kappa shape index (κ2) is 5.43. The Balaban J connectivity index is 3.19. The maximum atomic E-state index is 13.6. The van der Waals surface area contributed by atoms with Gasteiger partial charge in [-0.05, 0) is 6.92 Å². The molecule has 1 atom stereocenters. The molecule has 0 aliphatic rings. The van der Waals surface area contributed by atoms with Gasteiger partial charge in [0.25, 0.3) is 0 Å². The van der Waals surface area contributed by atoms with Crippen LogP contribution in [0.3, 0.4) is 0 Å². The van der Waals surface area contributed by atoms with Crippen LogP contribution in [0.4, 0.5) is 17.6 Å². The highest BCUT2D eigenvalue weighted by atomic mass is 19.3. The Morgan fingerprint density at radius 3 is 2.53 bits per heavy atom. The van der Waals surface area contributed by atoms with E-state index in [0.29, 0.717) is 6.07 Å². The Bertz CT molecular complexity index is 470. The van der Waals surface area contributed by atoms with Crippen molar-refractivity contribution < 1.29 is 32.2 Å². The van der Waals surface area contributed by atoms with E-state index < -0.39 is 40.9 Å². The maximum absolute atomic E-state index is 13.6. The third-order valence-corrected chi connectivity index (χ3v) is 2.32. The van der Waals surface area contributed by atoms with E-state index in [1.54, 1.807) is 0 Å². The lowest BCUT2D eigenvalue weighted by atomic mass is 9.99. The number of hydrogen-bond donors (Lipinski definition) is 2. The van der Waals surface area contributed by atoms with E-state index in [1.165, 1.54) is 6.92 Å². The fourth-order valence-corrected chi connectivity index (χ4v) is 1.41. The van der Waals surface area contributed by atoms with Gasteiger partial charge in [0.1, 0.15) is 23.4 Å². The molecular formula is C11H11F4NO3. The first-order valence-corrected chi connectivity index (χ1v) is 5.20. The minimum atomic E-state index is -4.26. The topological polar surface area (TPSA) is 72.5 Å². The molecule has 8 heteroatoms. The Labute approximate surface area is 105 Å². The zero-order valence-electron chi connectivity index (χ0n) is 9.79. The lowest BCUT2D eigenvalue weighted by molar-refractivity contribution is -0.175. The number of carbonyl (C=O) groups is 1. The molecule has 0 saturated heterocycles. The first kappa shape index (κ1) is 15.2. The molecule has 0 fully saturated rings. The minimum Gasteiger partial charge on any atom is -0.507 e. The van der Waals surface area contributed by atoms with Crippen molar-refractivity contribution in [1.82, 2.24) is 0 Å². The van der Waals surface area contributed by atoms with Gasteiger partial charge >= 0.3 is 11.9 Å². The van der Waals surface area contributed by atoms with Crippen LogP contribution in [0, 0.1) is 11.6 Å². The van der Waals surface area contributed by atoms with E-state index in [1.807, 2.05) is 0 Å². The van der Waals surface area contributed by atoms with Gasteiger partial charge in [-0.15, -0.1) is 0 Å². The number of aromatic hydroxyl groups is 1. The molecule has 1 aromatic rings. The van der Waals surface area contributed by atoms with E-state index in [4.69, 9.17) is 5.73 Å². The number of phenols is 1. The molecular weight excluding hydrogens is 270 g/mol. The summed E-state index contributed by atoms with van der Waals surface area (Å²) in [4.78, 5) is 11.0. The number of phenolic OH excluding ortho intramolecular Hbond substituents is 1. The molecule has 0 bridgehead atoms. The highest BCUT2D eigenvalue weighted by Gasteiger charge is 2.49. The maximum Gasteiger partial charge on any atom is 0.379 e. The molecule has 0 aliphatic carbocycles. The lowest BCUT2D eigenvalue weighted by Gasteiger charge is -2.22. The zero-order valence-corrected chi connectivity index (χ0v) is 9.79. The molecule has 1 rings (SSSR count). The molecule has 0 unspecified atom stereocenters. The fourth-order valence-electron chi connectivity index (χ4n) is 1.41. The summed E-state index contributed by atoms with van der Waals surface area (Å²) in [5.74, 6) is -9.95. The highest BCUT2D eigenvalue weighted by molar-refractivity contribution is 5.79. The number of rotatable bonds is 4. The largest absolute Gasteiger partial charge is 0.507 e. The van der Waals surface area contributed by atoms with E-state index in [2.05, 4.69) is 4.74 Å². The van der Waals surface area contributed by atoms with Crippen LogP contribution in [0.5, 0.6) is 5.75 Å². The summed E-state index contributed by atoms with van der Waals surface area (Å²) in [6.45, 7) is 0.981. The Hall–Kier alpha value is -1.83. The van der Waals surface area contributed by atoms with E-state index in [9.17, 15) is 27.5 Å². The van der Waals surface area contributed by atoms with Crippen molar-refractivity contribution >= 4 is 5.97 Å². The number of esters is 1. The predicted molar refractivity (Wildman–Crippen MR) is 56.5 cm³/mol. The molecule has 4 nitrogen and oxygen atoms in total. The van der Waals surface area contributed by atoms with Crippen molar-refractivity contribution in [3.8, 4) is 5.75 Å². The number of hydrogen-bond acceptors (Lipinski definition) is 4. The number of ether oxygens (including phenoxy) is 1. The monoisotopic (exact) mass is 281 g/mol. The SMILES string of the molecule is CCOC(=O)C(F)(F)[C@H](N)c1c(O)cc(F)cc1F. The molecule has 3 N–H and O–H groups in total. The van der Waals surface area contributed by atoms with Gasteiger partial charge in [0, 0.05) is 12.1 Å². The molecule has 0 aliphatic heterocycles. The Morgan fingerprint density at radius 1 is 1.47 bits per heavy atom. The van der Waals surface area contributed by atoms with Gasteiger partial charge in [-0.1, -0.05) is 0 Å². The first-order valence-electron chi connectivity index (χ1n) is 5.20. The van der Waals surface area contributed by atoms with Gasteiger partial charge < -0.3 is 15.6 Å². The number of halogens is 4. The number of nitrogens with two attached hydrogens (primary N) is 1. The minimum absolute atomic E-state index is 0.274. The second-order valence-electron chi connectivity index (χ2n) is 3.64. The van der Waals surface area contributed by atoms with Crippen molar-refractivity contribution in [2.45, 2.75) is 18.9 Å². The van der Waals surface area contributed by atoms with Gasteiger partial charge in [-0.3, -0.25) is 0 Å². The van der Waals surface area contributed by atoms with Crippen LogP contribution in [0.25, 0.3) is 0 Å². The van der Waals surface area contributed by atoms with Gasteiger partial charge in [0.2, 0.25) is 0 Å². The van der Waals surface area contributed by atoms with E-state index in [0.717, 1.165) is 0 Å². The van der Waals surface area contributed by atoms with Crippen LogP contribution >= 0.6 is 0 Å². The number of benzene rings is 1. The second-order valence-corrected chi connectivity index (χ2v) is 3.64. The van der Waals surface area contributed by atoms with Crippen LogP contribution in [0.15, 0.2) is 12.1 Å². The summed E-state index contributed by atoms with van der Waals surface area (Å²) in [7, 11) is 0. The Morgan fingerprint density at radius 2 is 2.05 bits per heavy atom. The smallest absolute Gasteiger partial charge is 0.379 e.